The van der Waals surface area contributed by atoms with Gasteiger partial charge in [-0.05, 0) is 160 Å². The van der Waals surface area contributed by atoms with E-state index in [1.807, 2.05) is 41.5 Å². The Morgan fingerprint density at radius 2 is 1.21 bits per heavy atom. The second-order valence-electron chi connectivity index (χ2n) is 30.4. The van der Waals surface area contributed by atoms with Crippen LogP contribution in [-0.2, 0) is 47.9 Å². The van der Waals surface area contributed by atoms with Gasteiger partial charge in [0, 0.05) is 78.3 Å². The number of halogens is 7. The molecule has 0 radical (unpaired) electrons. The van der Waals surface area contributed by atoms with Crippen molar-refractivity contribution in [3.8, 4) is 0 Å². The maximum Gasteiger partial charge on any atom is 0.393 e. The Hall–Kier alpha value is -5.47. The van der Waals surface area contributed by atoms with Crippen LogP contribution >= 0.6 is 11.6 Å². The summed E-state index contributed by atoms with van der Waals surface area (Å²) in [7, 11) is 9.12. The van der Waals surface area contributed by atoms with E-state index in [1.165, 1.54) is 57.6 Å². The molecule has 3 saturated heterocycles. The maximum atomic E-state index is 15.3. The number of fused-ring (bicyclic) bond motifs is 2. The molecule has 10 amide bonds. The van der Waals surface area contributed by atoms with Crippen molar-refractivity contribution in [2.24, 2.45) is 41.4 Å². The molecule has 558 valence electrons. The average molecular weight is 1420 g/mol. The van der Waals surface area contributed by atoms with Crippen molar-refractivity contribution in [2.45, 2.75) is 281 Å². The first-order chi connectivity index (χ1) is 45.7. The molecule has 15 atom stereocenters. The van der Waals surface area contributed by atoms with Crippen molar-refractivity contribution in [2.75, 3.05) is 61.9 Å². The lowest BCUT2D eigenvalue weighted by Crippen LogP contribution is -2.65. The summed E-state index contributed by atoms with van der Waals surface area (Å²) in [5.41, 5.74) is -1.51. The van der Waals surface area contributed by atoms with Gasteiger partial charge in [0.15, 0.2) is 0 Å². The van der Waals surface area contributed by atoms with Gasteiger partial charge in [-0.15, -0.1) is 11.6 Å². The second kappa shape index (κ2) is 34.5. The number of likely N-dealkylation sites (N-methyl/N-ethyl adjacent to an activating group) is 6. The number of nitrogens with one attached hydrogen (secondary N) is 3. The van der Waals surface area contributed by atoms with Crippen LogP contribution in [0.2, 0.25) is 0 Å². The smallest absolute Gasteiger partial charge is 0.343 e. The minimum absolute atomic E-state index is 0.0143. The number of alkyl halides is 7. The van der Waals surface area contributed by atoms with Gasteiger partial charge >= 0.3 is 12.4 Å². The van der Waals surface area contributed by atoms with Crippen LogP contribution < -0.4 is 16.0 Å². The largest absolute Gasteiger partial charge is 0.393 e. The van der Waals surface area contributed by atoms with E-state index >= 15 is 14.4 Å². The molecule has 3 aliphatic heterocycles. The summed E-state index contributed by atoms with van der Waals surface area (Å²) in [5, 5.41) is 7.60. The van der Waals surface area contributed by atoms with E-state index in [4.69, 9.17) is 11.6 Å². The normalized spacial score (nSPS) is 33.2. The van der Waals surface area contributed by atoms with Gasteiger partial charge in [0.2, 0.25) is 59.1 Å². The zero-order valence-electron chi connectivity index (χ0n) is 60.7. The Bertz CT molecular complexity index is 2810. The molecule has 6 rings (SSSR count). The third-order valence-electron chi connectivity index (χ3n) is 23.4. The summed E-state index contributed by atoms with van der Waals surface area (Å²) in [4.78, 5) is 160. The first kappa shape index (κ1) is 81.5. The predicted molar refractivity (Wildman–Crippen MR) is 359 cm³/mol. The van der Waals surface area contributed by atoms with Crippen molar-refractivity contribution in [1.29, 1.82) is 0 Å². The molecule has 0 aromatic rings. The Balaban J connectivity index is 1.39. The van der Waals surface area contributed by atoms with Gasteiger partial charge in [0.1, 0.15) is 41.8 Å². The van der Waals surface area contributed by atoms with E-state index in [0.717, 1.165) is 0 Å². The minimum Gasteiger partial charge on any atom is -0.343 e. The van der Waals surface area contributed by atoms with E-state index in [2.05, 4.69) is 16.0 Å². The van der Waals surface area contributed by atoms with E-state index in [-0.39, 0.29) is 121 Å². The van der Waals surface area contributed by atoms with Gasteiger partial charge in [0.05, 0.1) is 24.4 Å². The van der Waals surface area contributed by atoms with Crippen molar-refractivity contribution in [3.05, 3.63) is 0 Å². The number of nitrogens with zero attached hydrogens (tertiary/aromatic N) is 8. The van der Waals surface area contributed by atoms with Crippen LogP contribution in [0.3, 0.4) is 0 Å². The SMILES string of the molecule is CC[C@H](C)[C@@H]1NC(=O)[C@H](CC(C)C)N(C)C(=O)C[C@@H](C)N(C)C(=O)[C@H]([C@@H](C)CC)N(C)C(=O)C2(CCCC2)NC(=O)[C@@H]2CCCN2C(=O)[C@H](CCC2CCC(C(F)(F)F)C(Cl)C2)NC(=O)CN(C)C(=O)[C@H](CC2CCC(C(F)(F)F)CC2)N(C)C(C)[C@@H]2CCN2C(=O)[C@H](C)N(C)C1=O. The van der Waals surface area contributed by atoms with Gasteiger partial charge in [-0.1, -0.05) is 67.2 Å². The lowest BCUT2D eigenvalue weighted by Gasteiger charge is -2.50. The zero-order chi connectivity index (χ0) is 73.4. The molecule has 3 saturated carbocycles. The second-order valence-corrected chi connectivity index (χ2v) is 31.0. The van der Waals surface area contributed by atoms with E-state index < -0.39 is 173 Å². The third-order valence-corrected chi connectivity index (χ3v) is 23.9. The average Bonchev–Trinajstić information content (AvgIpc) is 1.18. The maximum absolute atomic E-state index is 15.3. The fraction of sp³-hybridized carbons (Fsp3) is 0.857. The lowest BCUT2D eigenvalue weighted by atomic mass is 9.78. The molecule has 28 heteroatoms. The van der Waals surface area contributed by atoms with Gasteiger partial charge in [-0.2, -0.15) is 26.3 Å². The fourth-order valence-electron chi connectivity index (χ4n) is 15.9. The molecule has 3 N–H and O–H groups in total. The van der Waals surface area contributed by atoms with Crippen LogP contribution in [-0.4, -0.2) is 244 Å². The third kappa shape index (κ3) is 19.4. The van der Waals surface area contributed by atoms with Crippen LogP contribution in [0, 0.1) is 41.4 Å². The quantitative estimate of drug-likeness (QED) is 0.132. The molecule has 0 aromatic heterocycles. The molecule has 4 unspecified atom stereocenters. The van der Waals surface area contributed by atoms with E-state index in [1.54, 1.807) is 44.7 Å². The molecular weight excluding hydrogens is 1300 g/mol. The summed E-state index contributed by atoms with van der Waals surface area (Å²) >= 11 is 6.39. The molecule has 6 fully saturated rings. The Kier molecular flexibility index (Phi) is 28.7. The van der Waals surface area contributed by atoms with E-state index in [0.29, 0.717) is 45.1 Å². The Labute approximate surface area is 582 Å². The van der Waals surface area contributed by atoms with Gasteiger partial charge in [-0.25, -0.2) is 0 Å². The topological polar surface area (TPSA) is 233 Å². The van der Waals surface area contributed by atoms with Gasteiger partial charge < -0.3 is 50.2 Å². The molecule has 0 bridgehead atoms. The predicted octanol–water partition coefficient (Wildman–Crippen LogP) is 8.14. The van der Waals surface area contributed by atoms with Crippen LogP contribution in [0.15, 0.2) is 0 Å². The van der Waals surface area contributed by atoms with Gasteiger partial charge in [-0.3, -0.25) is 52.8 Å². The molecule has 3 aliphatic carbocycles. The van der Waals surface area contributed by atoms with Crippen LogP contribution in [0.25, 0.3) is 0 Å². The monoisotopic (exact) mass is 1420 g/mol. The number of carbonyl (C=O) groups excluding carboxylic acids is 10. The zero-order valence-corrected chi connectivity index (χ0v) is 61.4. The Morgan fingerprint density at radius 3 is 1.77 bits per heavy atom. The molecule has 21 nitrogen and oxygen atoms in total. The minimum atomic E-state index is -4.52. The number of amides is 10. The van der Waals surface area contributed by atoms with Crippen molar-refractivity contribution < 1.29 is 74.3 Å². The molecule has 1 spiro atoms. The van der Waals surface area contributed by atoms with E-state index in [9.17, 15) is 59.9 Å². The highest BCUT2D eigenvalue weighted by molar-refractivity contribution is 6.20. The summed E-state index contributed by atoms with van der Waals surface area (Å²) in [6.45, 7) is 16.0. The number of hydrogen-bond donors (Lipinski definition) is 3. The first-order valence-corrected chi connectivity index (χ1v) is 36.5. The highest BCUT2D eigenvalue weighted by atomic mass is 35.5. The Morgan fingerprint density at radius 1 is 0.602 bits per heavy atom. The van der Waals surface area contributed by atoms with Crippen LogP contribution in [0.5, 0.6) is 0 Å². The number of hydrogen-bond acceptors (Lipinski definition) is 11. The summed E-state index contributed by atoms with van der Waals surface area (Å²) < 4.78 is 84.0. The van der Waals surface area contributed by atoms with Crippen molar-refractivity contribution >= 4 is 70.7 Å². The molecule has 98 heavy (non-hydrogen) atoms. The number of rotatable bonds is 11. The summed E-state index contributed by atoms with van der Waals surface area (Å²) in [6, 6.07) is -9.74. The number of carbonyl (C=O) groups is 10. The lowest BCUT2D eigenvalue weighted by molar-refractivity contribution is -0.184. The highest BCUT2D eigenvalue weighted by Crippen LogP contribution is 2.45. The molecule has 3 heterocycles. The highest BCUT2D eigenvalue weighted by Gasteiger charge is 2.52. The van der Waals surface area contributed by atoms with Crippen molar-refractivity contribution in [1.82, 2.24) is 55.1 Å². The van der Waals surface area contributed by atoms with Crippen LogP contribution in [0.4, 0.5) is 26.3 Å². The fourth-order valence-corrected chi connectivity index (χ4v) is 16.5. The van der Waals surface area contributed by atoms with Crippen LogP contribution in [0.1, 0.15) is 197 Å². The summed E-state index contributed by atoms with van der Waals surface area (Å²) in [5.74, 6) is -10.6. The standard InChI is InChI=1S/C70H114ClF6N11O10/c1-16-41(5)58-65(96)84(13)45(9)62(93)88-34-30-52(88)44(8)83(12)55(38-47-22-26-48(27-23-47)69(72,73)74)64(95)81(10)39-56(89)78-51(29-25-46-24-28-49(50(71)37-46)70(75,76)77)63(94)87-33-20-21-53(87)61(92)80-68(31-18-19-32-68)67(98)86(15)59(42(6)17-2)66(97)82(11)43(7)36-57(90)85(14)54(35-40(3)4)60(91)79-58/h40-55,58-59H,16-39H2,1-15H3,(H,78,89)(H,79,91)(H,80,92)/t41-,42-,43+,44?,45-,46?,47?,48?,49?,50?,51-,52-,53-,54-,55-,58-,59-/m0/s1. The summed E-state index contributed by atoms with van der Waals surface area (Å²) in [6.07, 6.45) is -5.41. The molecule has 0 aromatic carbocycles. The molecular formula is C70H114ClF6N11O10. The first-order valence-electron chi connectivity index (χ1n) is 36.0. The van der Waals surface area contributed by atoms with Gasteiger partial charge in [0.25, 0.3) is 0 Å². The molecule has 6 aliphatic rings. The van der Waals surface area contributed by atoms with Crippen molar-refractivity contribution in [3.63, 3.8) is 0 Å².